The molecule has 0 N–H and O–H groups in total. The Labute approximate surface area is 116 Å². The molecule has 3 nitrogen and oxygen atoms in total. The van der Waals surface area contributed by atoms with E-state index in [0.717, 1.165) is 32.4 Å². The van der Waals surface area contributed by atoms with Crippen LogP contribution >= 0.6 is 11.8 Å². The largest absolute Gasteiger partial charge is 0.459 e. The number of hydrogen-bond donors (Lipinski definition) is 0. The summed E-state index contributed by atoms with van der Waals surface area (Å²) in [6.45, 7) is 10.0. The van der Waals surface area contributed by atoms with E-state index in [4.69, 9.17) is 4.74 Å². The smallest absolute Gasteiger partial charge is 0.323 e. The van der Waals surface area contributed by atoms with E-state index < -0.39 is 0 Å². The van der Waals surface area contributed by atoms with Gasteiger partial charge in [-0.3, -0.25) is 9.69 Å². The van der Waals surface area contributed by atoms with Gasteiger partial charge in [0.1, 0.15) is 11.6 Å². The maximum Gasteiger partial charge on any atom is 0.323 e. The summed E-state index contributed by atoms with van der Waals surface area (Å²) in [5.74, 6) is 2.33. The number of hydrogen-bond acceptors (Lipinski definition) is 4. The lowest BCUT2D eigenvalue weighted by Gasteiger charge is -2.27. The molecule has 1 saturated heterocycles. The Morgan fingerprint density at radius 1 is 1.44 bits per heavy atom. The molecule has 0 aromatic rings. The first kappa shape index (κ1) is 15.8. The predicted molar refractivity (Wildman–Crippen MR) is 78.1 cm³/mol. The summed E-state index contributed by atoms with van der Waals surface area (Å²) in [6.07, 6.45) is 3.23. The van der Waals surface area contributed by atoms with Crippen molar-refractivity contribution in [3.05, 3.63) is 0 Å². The molecule has 1 aliphatic heterocycles. The zero-order valence-electron chi connectivity index (χ0n) is 12.2. The lowest BCUT2D eigenvalue weighted by Crippen LogP contribution is -2.41. The molecule has 0 amide bonds. The molecule has 18 heavy (non-hydrogen) atoms. The third-order valence-electron chi connectivity index (χ3n) is 2.98. The second-order valence-electron chi connectivity index (χ2n) is 5.78. The van der Waals surface area contributed by atoms with Crippen LogP contribution in [0.25, 0.3) is 0 Å². The molecule has 0 spiro atoms. The van der Waals surface area contributed by atoms with Gasteiger partial charge in [-0.1, -0.05) is 6.92 Å². The van der Waals surface area contributed by atoms with E-state index in [1.165, 1.54) is 11.5 Å². The molecule has 1 heterocycles. The van der Waals surface area contributed by atoms with Crippen molar-refractivity contribution in [3.8, 4) is 0 Å². The van der Waals surface area contributed by atoms with Crippen molar-refractivity contribution in [2.75, 3.05) is 24.6 Å². The number of likely N-dealkylation sites (tertiary alicyclic amines) is 1. The van der Waals surface area contributed by atoms with E-state index in [9.17, 15) is 4.79 Å². The van der Waals surface area contributed by atoms with Crippen LogP contribution in [-0.2, 0) is 9.53 Å². The van der Waals surface area contributed by atoms with Crippen molar-refractivity contribution in [1.29, 1.82) is 0 Å². The van der Waals surface area contributed by atoms with E-state index >= 15 is 0 Å². The van der Waals surface area contributed by atoms with Crippen LogP contribution in [0.5, 0.6) is 0 Å². The van der Waals surface area contributed by atoms with Gasteiger partial charge in [-0.15, -0.1) is 0 Å². The van der Waals surface area contributed by atoms with Crippen LogP contribution in [0.15, 0.2) is 0 Å². The quantitative estimate of drug-likeness (QED) is 0.550. The van der Waals surface area contributed by atoms with E-state index in [1.54, 1.807) is 0 Å². The summed E-state index contributed by atoms with van der Waals surface area (Å²) in [7, 11) is 0. The minimum Gasteiger partial charge on any atom is -0.459 e. The predicted octanol–water partition coefficient (Wildman–Crippen LogP) is 2.94. The number of thioether (sulfide) groups is 1. The van der Waals surface area contributed by atoms with Crippen LogP contribution < -0.4 is 0 Å². The van der Waals surface area contributed by atoms with Crippen molar-refractivity contribution < 1.29 is 9.53 Å². The second kappa shape index (κ2) is 7.39. The molecule has 1 aliphatic rings. The van der Waals surface area contributed by atoms with Gasteiger partial charge in [0.05, 0.1) is 0 Å². The number of carbonyl (C=O) groups is 1. The summed E-state index contributed by atoms with van der Waals surface area (Å²) in [4.78, 5) is 14.4. The molecular weight excluding hydrogens is 246 g/mol. The first-order chi connectivity index (χ1) is 8.44. The zero-order chi connectivity index (χ0) is 13.6. The molecule has 4 heteroatoms. The van der Waals surface area contributed by atoms with E-state index in [-0.39, 0.29) is 17.6 Å². The average Bonchev–Trinajstić information content (AvgIpc) is 2.70. The molecule has 0 aromatic carbocycles. The summed E-state index contributed by atoms with van der Waals surface area (Å²) < 4.78 is 5.49. The van der Waals surface area contributed by atoms with E-state index in [1.807, 2.05) is 32.5 Å². The molecule has 0 aliphatic carbocycles. The van der Waals surface area contributed by atoms with Crippen molar-refractivity contribution in [2.45, 2.75) is 58.6 Å². The first-order valence-corrected chi connectivity index (χ1v) is 8.14. The van der Waals surface area contributed by atoms with Gasteiger partial charge < -0.3 is 4.74 Å². The first-order valence-electron chi connectivity index (χ1n) is 6.98. The molecule has 1 atom stereocenters. The van der Waals surface area contributed by atoms with Gasteiger partial charge >= 0.3 is 5.97 Å². The van der Waals surface area contributed by atoms with Crippen molar-refractivity contribution in [1.82, 2.24) is 4.90 Å². The van der Waals surface area contributed by atoms with E-state index in [2.05, 4.69) is 11.8 Å². The molecule has 0 radical (unpaired) electrons. The Balaban J connectivity index is 2.36. The fourth-order valence-electron chi connectivity index (χ4n) is 2.24. The van der Waals surface area contributed by atoms with Crippen LogP contribution in [0.3, 0.4) is 0 Å². The Morgan fingerprint density at radius 2 is 2.17 bits per heavy atom. The highest BCUT2D eigenvalue weighted by Crippen LogP contribution is 2.21. The van der Waals surface area contributed by atoms with Gasteiger partial charge in [-0.05, 0) is 64.6 Å². The van der Waals surface area contributed by atoms with Crippen LogP contribution in [0.1, 0.15) is 47.0 Å². The molecular formula is C14H27NO2S. The number of carbonyl (C=O) groups excluding carboxylic acids is 1. The van der Waals surface area contributed by atoms with Crippen LogP contribution in [0, 0.1) is 0 Å². The van der Waals surface area contributed by atoms with Gasteiger partial charge in [0.2, 0.25) is 0 Å². The monoisotopic (exact) mass is 273 g/mol. The molecule has 1 rings (SSSR count). The maximum absolute atomic E-state index is 12.1. The van der Waals surface area contributed by atoms with Gasteiger partial charge in [0, 0.05) is 0 Å². The van der Waals surface area contributed by atoms with Crippen molar-refractivity contribution in [3.63, 3.8) is 0 Å². The van der Waals surface area contributed by atoms with Gasteiger partial charge in [0.25, 0.3) is 0 Å². The van der Waals surface area contributed by atoms with Crippen LogP contribution in [-0.4, -0.2) is 47.1 Å². The van der Waals surface area contributed by atoms with Gasteiger partial charge in [0.15, 0.2) is 0 Å². The Hall–Kier alpha value is -0.220. The third kappa shape index (κ3) is 5.61. The minimum atomic E-state index is -0.372. The average molecular weight is 273 g/mol. The Bertz CT molecular complexity index is 263. The SMILES string of the molecule is CCSCCCN1CCC[C@H]1C(=O)OC(C)(C)C. The maximum atomic E-state index is 12.1. The van der Waals surface area contributed by atoms with Gasteiger partial charge in [-0.25, -0.2) is 0 Å². The zero-order valence-corrected chi connectivity index (χ0v) is 13.0. The number of rotatable bonds is 6. The highest BCUT2D eigenvalue weighted by molar-refractivity contribution is 7.99. The fraction of sp³-hybridized carbons (Fsp3) is 0.929. The Kier molecular flexibility index (Phi) is 6.50. The third-order valence-corrected chi connectivity index (χ3v) is 3.97. The molecule has 0 saturated carbocycles. The number of nitrogens with zero attached hydrogens (tertiary/aromatic N) is 1. The molecule has 1 fully saturated rings. The van der Waals surface area contributed by atoms with Crippen LogP contribution in [0.2, 0.25) is 0 Å². The molecule has 0 aromatic heterocycles. The normalized spacial score (nSPS) is 21.2. The minimum absolute atomic E-state index is 0.00384. The summed E-state index contributed by atoms with van der Waals surface area (Å²) in [5, 5.41) is 0. The lowest BCUT2D eigenvalue weighted by molar-refractivity contribution is -0.160. The van der Waals surface area contributed by atoms with Crippen molar-refractivity contribution in [2.24, 2.45) is 0 Å². The number of ether oxygens (including phenoxy) is 1. The fourth-order valence-corrected chi connectivity index (χ4v) is 2.87. The summed E-state index contributed by atoms with van der Waals surface area (Å²) in [6, 6.07) is -0.00384. The molecule has 0 bridgehead atoms. The molecule has 106 valence electrons. The van der Waals surface area contributed by atoms with Crippen LogP contribution in [0.4, 0.5) is 0 Å². The second-order valence-corrected chi connectivity index (χ2v) is 7.17. The number of esters is 1. The Morgan fingerprint density at radius 3 is 2.78 bits per heavy atom. The summed E-state index contributed by atoms with van der Waals surface area (Å²) >= 11 is 1.97. The van der Waals surface area contributed by atoms with E-state index in [0.29, 0.717) is 0 Å². The summed E-state index contributed by atoms with van der Waals surface area (Å²) in [5.41, 5.74) is -0.372. The van der Waals surface area contributed by atoms with Gasteiger partial charge in [-0.2, -0.15) is 11.8 Å². The lowest BCUT2D eigenvalue weighted by atomic mass is 10.1. The van der Waals surface area contributed by atoms with Crippen molar-refractivity contribution >= 4 is 17.7 Å². The topological polar surface area (TPSA) is 29.5 Å². The highest BCUT2D eigenvalue weighted by atomic mass is 32.2. The highest BCUT2D eigenvalue weighted by Gasteiger charge is 2.33. The molecule has 0 unspecified atom stereocenters. The standard InChI is InChI=1S/C14H27NO2S/c1-5-18-11-7-10-15-9-6-8-12(15)13(16)17-14(2,3)4/h12H,5-11H2,1-4H3/t12-/m0/s1.